The van der Waals surface area contributed by atoms with E-state index in [0.717, 1.165) is 23.4 Å². The molecule has 3 aromatic carbocycles. The smallest absolute Gasteiger partial charge is 0.469 e. The van der Waals surface area contributed by atoms with Crippen molar-refractivity contribution in [3.05, 3.63) is 89.5 Å². The Hall–Kier alpha value is -2.86. The van der Waals surface area contributed by atoms with Crippen molar-refractivity contribution in [3.63, 3.8) is 0 Å². The van der Waals surface area contributed by atoms with E-state index < -0.39 is 37.8 Å². The van der Waals surface area contributed by atoms with E-state index >= 15 is 0 Å². The number of alkyl halides is 3. The monoisotopic (exact) mass is 581 g/mol. The fraction of sp³-hybridized carbons (Fsp3) is 0.269. The zero-order valence-electron chi connectivity index (χ0n) is 20.8. The van der Waals surface area contributed by atoms with Crippen LogP contribution in [0.1, 0.15) is 29.7 Å². The van der Waals surface area contributed by atoms with Crippen LogP contribution in [0.3, 0.4) is 0 Å². The van der Waals surface area contributed by atoms with Gasteiger partial charge >= 0.3 is 14.0 Å². The van der Waals surface area contributed by atoms with Crippen molar-refractivity contribution in [1.29, 1.82) is 0 Å². The number of halogens is 3. The molecule has 1 aliphatic rings. The molecule has 0 aromatic heterocycles. The summed E-state index contributed by atoms with van der Waals surface area (Å²) < 4.78 is 63.6. The highest BCUT2D eigenvalue weighted by Crippen LogP contribution is 2.42. The summed E-state index contributed by atoms with van der Waals surface area (Å²) in [5.41, 5.74) is 5.23. The maximum absolute atomic E-state index is 14.1. The van der Waals surface area contributed by atoms with Crippen LogP contribution in [0, 0.1) is 0 Å². The third-order valence-electron chi connectivity index (χ3n) is 5.81. The standard InChI is InChI=1S/C26H27F3N3O5PS/c1-25(30,16-37-38(33,34)35)24-31-14-22(32-24)18-10-11-23(21(12-18)26(27,28)29)39-20-9-5-8-19(13-20)36-15-17-6-3-2-4-7-17/h2-13,22H,14-16,30H2,1H3,(H,31,32)(H2,33,34,35)/t22?,25-/m0/s1. The first-order valence-electron chi connectivity index (χ1n) is 11.8. The average Bonchev–Trinajstić information content (AvgIpc) is 3.38. The fourth-order valence-electron chi connectivity index (χ4n) is 3.83. The van der Waals surface area contributed by atoms with Crippen LogP contribution in [-0.2, 0) is 21.9 Å². The summed E-state index contributed by atoms with van der Waals surface area (Å²) >= 11 is 0.982. The number of amidine groups is 1. The van der Waals surface area contributed by atoms with Crippen LogP contribution in [0.25, 0.3) is 0 Å². The molecule has 0 saturated carbocycles. The number of aliphatic imine (C=N–C) groups is 1. The second-order valence-electron chi connectivity index (χ2n) is 9.17. The van der Waals surface area contributed by atoms with E-state index in [4.69, 9.17) is 20.3 Å². The predicted octanol–water partition coefficient (Wildman–Crippen LogP) is 5.31. The normalized spacial score (nSPS) is 17.3. The van der Waals surface area contributed by atoms with Gasteiger partial charge in [0.2, 0.25) is 0 Å². The molecule has 1 aliphatic heterocycles. The van der Waals surface area contributed by atoms with Crippen LogP contribution < -0.4 is 15.8 Å². The molecule has 0 amide bonds. The number of nitrogens with two attached hydrogens (primary N) is 1. The minimum atomic E-state index is -4.76. The third kappa shape index (κ3) is 8.07. The lowest BCUT2D eigenvalue weighted by atomic mass is 10.0. The van der Waals surface area contributed by atoms with Crippen molar-refractivity contribution in [3.8, 4) is 5.75 Å². The fourth-order valence-corrected chi connectivity index (χ4v) is 5.26. The van der Waals surface area contributed by atoms with Gasteiger partial charge < -0.3 is 25.6 Å². The van der Waals surface area contributed by atoms with Gasteiger partial charge in [0.15, 0.2) is 0 Å². The molecule has 1 unspecified atom stereocenters. The Morgan fingerprint density at radius 2 is 1.85 bits per heavy atom. The van der Waals surface area contributed by atoms with Crippen LogP contribution in [0.4, 0.5) is 13.2 Å². The number of ether oxygens (including phenoxy) is 1. The first-order valence-corrected chi connectivity index (χ1v) is 14.1. The van der Waals surface area contributed by atoms with E-state index in [9.17, 15) is 17.7 Å². The topological polar surface area (TPSA) is 126 Å². The molecule has 5 N–H and O–H groups in total. The van der Waals surface area contributed by atoms with E-state index in [0.29, 0.717) is 22.8 Å². The van der Waals surface area contributed by atoms with Gasteiger partial charge in [0.1, 0.15) is 18.2 Å². The molecule has 0 fully saturated rings. The van der Waals surface area contributed by atoms with Crippen molar-refractivity contribution in [2.45, 2.75) is 41.1 Å². The lowest BCUT2D eigenvalue weighted by molar-refractivity contribution is -0.139. The first kappa shape index (κ1) is 29.1. The lowest BCUT2D eigenvalue weighted by Crippen LogP contribution is -2.53. The minimum Gasteiger partial charge on any atom is -0.489 e. The number of phosphoric acid groups is 1. The molecule has 0 aliphatic carbocycles. The SMILES string of the molecule is C[C@](N)(COP(=O)(O)O)C1=NCC(c2ccc(Sc3cccc(OCc4ccccc4)c3)c(C(F)(F)F)c2)N1. The number of rotatable bonds is 10. The molecule has 208 valence electrons. The molecule has 0 bridgehead atoms. The Morgan fingerprint density at radius 1 is 1.10 bits per heavy atom. The molecule has 0 spiro atoms. The van der Waals surface area contributed by atoms with E-state index in [2.05, 4.69) is 14.8 Å². The van der Waals surface area contributed by atoms with Crippen molar-refractivity contribution in [2.75, 3.05) is 13.2 Å². The summed E-state index contributed by atoms with van der Waals surface area (Å²) in [5, 5.41) is 2.97. The zero-order chi connectivity index (χ0) is 28.3. The molecule has 0 radical (unpaired) electrons. The van der Waals surface area contributed by atoms with E-state index in [1.165, 1.54) is 13.0 Å². The van der Waals surface area contributed by atoms with Crippen molar-refractivity contribution < 1.29 is 36.8 Å². The number of hydrogen-bond donors (Lipinski definition) is 4. The van der Waals surface area contributed by atoms with Crippen LogP contribution in [0.15, 0.2) is 87.6 Å². The predicted molar refractivity (Wildman–Crippen MR) is 142 cm³/mol. The maximum Gasteiger partial charge on any atom is 0.469 e. The molecule has 0 saturated heterocycles. The van der Waals surface area contributed by atoms with Gasteiger partial charge in [-0.15, -0.1) is 0 Å². The van der Waals surface area contributed by atoms with Gasteiger partial charge in [0, 0.05) is 9.79 Å². The number of hydrogen-bond acceptors (Lipinski definition) is 7. The van der Waals surface area contributed by atoms with Gasteiger partial charge in [-0.05, 0) is 48.4 Å². The summed E-state index contributed by atoms with van der Waals surface area (Å²) in [6.07, 6.45) is -4.61. The van der Waals surface area contributed by atoms with Gasteiger partial charge in [-0.25, -0.2) is 4.57 Å². The highest BCUT2D eigenvalue weighted by atomic mass is 32.2. The van der Waals surface area contributed by atoms with Gasteiger partial charge in [0.05, 0.1) is 30.3 Å². The lowest BCUT2D eigenvalue weighted by Gasteiger charge is -2.26. The largest absolute Gasteiger partial charge is 0.489 e. The number of nitrogens with zero attached hydrogens (tertiary/aromatic N) is 1. The maximum atomic E-state index is 14.1. The third-order valence-corrected chi connectivity index (χ3v) is 7.34. The second kappa shape index (κ2) is 11.7. The van der Waals surface area contributed by atoms with Crippen LogP contribution in [0.5, 0.6) is 5.75 Å². The van der Waals surface area contributed by atoms with Crippen molar-refractivity contribution in [2.24, 2.45) is 10.7 Å². The van der Waals surface area contributed by atoms with Gasteiger partial charge in [-0.2, -0.15) is 13.2 Å². The quantitative estimate of drug-likeness (QED) is 0.238. The summed E-state index contributed by atoms with van der Waals surface area (Å²) in [4.78, 5) is 22.7. The van der Waals surface area contributed by atoms with E-state index in [-0.39, 0.29) is 17.3 Å². The molecular weight excluding hydrogens is 554 g/mol. The summed E-state index contributed by atoms with van der Waals surface area (Å²) in [6.45, 7) is 1.36. The van der Waals surface area contributed by atoms with Crippen LogP contribution in [-0.4, -0.2) is 34.3 Å². The van der Waals surface area contributed by atoms with Gasteiger partial charge in [-0.1, -0.05) is 54.2 Å². The van der Waals surface area contributed by atoms with Crippen molar-refractivity contribution >= 4 is 25.4 Å². The molecule has 39 heavy (non-hydrogen) atoms. The van der Waals surface area contributed by atoms with Crippen molar-refractivity contribution in [1.82, 2.24) is 5.32 Å². The highest BCUT2D eigenvalue weighted by Gasteiger charge is 2.37. The molecular formula is C26H27F3N3O5PS. The summed E-state index contributed by atoms with van der Waals surface area (Å²) in [6, 6.07) is 19.9. The molecule has 3 aromatic rings. The molecule has 8 nitrogen and oxygen atoms in total. The molecule has 1 heterocycles. The Bertz CT molecular complexity index is 1380. The summed E-state index contributed by atoms with van der Waals surface area (Å²) in [7, 11) is -4.76. The average molecular weight is 582 g/mol. The zero-order valence-corrected chi connectivity index (χ0v) is 22.5. The highest BCUT2D eigenvalue weighted by molar-refractivity contribution is 7.99. The number of phosphoric ester groups is 1. The molecule has 2 atom stereocenters. The van der Waals surface area contributed by atoms with Crippen LogP contribution in [0.2, 0.25) is 0 Å². The Balaban J connectivity index is 1.48. The summed E-state index contributed by atoms with van der Waals surface area (Å²) in [5.74, 6) is 0.724. The Kier molecular flexibility index (Phi) is 8.75. The van der Waals surface area contributed by atoms with E-state index in [1.807, 2.05) is 30.3 Å². The number of nitrogens with one attached hydrogen (secondary N) is 1. The molecule has 13 heteroatoms. The van der Waals surface area contributed by atoms with Crippen LogP contribution >= 0.6 is 19.6 Å². The first-order chi connectivity index (χ1) is 18.3. The minimum absolute atomic E-state index is 0.0318. The Morgan fingerprint density at radius 3 is 2.54 bits per heavy atom. The van der Waals surface area contributed by atoms with Gasteiger partial charge in [0.25, 0.3) is 0 Å². The second-order valence-corrected chi connectivity index (χ2v) is 11.5. The number of benzene rings is 3. The van der Waals surface area contributed by atoms with Gasteiger partial charge in [-0.3, -0.25) is 9.52 Å². The molecule has 4 rings (SSSR count). The van der Waals surface area contributed by atoms with E-state index in [1.54, 1.807) is 30.3 Å². The Labute approximate surface area is 227 Å².